The molecule has 206 valence electrons. The standard InChI is InChI=1S/C23H33N9O6/c24-16(8-13-3-5-15(33)6-4-13)20(36)31-17(2-1-7-28-23(25)26)22(38)32-18(9-14-10-27-12-30-14)21(37)29-11-19(34)35/h3-6,10,12,16-18,33H,1-2,7-9,11,24H2,(H,27,30)(H,29,37)(H,31,36)(H,32,38)(H,34,35)(H4,25,26,28). The van der Waals surface area contributed by atoms with Crippen molar-refractivity contribution in [2.75, 3.05) is 13.1 Å². The molecule has 0 saturated heterocycles. The van der Waals surface area contributed by atoms with E-state index >= 15 is 0 Å². The molecule has 2 aromatic rings. The summed E-state index contributed by atoms with van der Waals surface area (Å²) in [5.41, 5.74) is 17.9. The monoisotopic (exact) mass is 531 g/mol. The van der Waals surface area contributed by atoms with Crippen LogP contribution in [0.15, 0.2) is 41.8 Å². The third-order valence-corrected chi connectivity index (χ3v) is 5.33. The minimum Gasteiger partial charge on any atom is -0.508 e. The second-order valence-electron chi connectivity index (χ2n) is 8.44. The molecule has 2 rings (SSSR count). The predicted molar refractivity (Wildman–Crippen MR) is 136 cm³/mol. The van der Waals surface area contributed by atoms with E-state index < -0.39 is 48.4 Å². The summed E-state index contributed by atoms with van der Waals surface area (Å²) >= 11 is 0. The minimum absolute atomic E-state index is 0.00771. The average Bonchev–Trinajstić information content (AvgIpc) is 3.38. The van der Waals surface area contributed by atoms with Crippen molar-refractivity contribution < 1.29 is 29.4 Å². The third kappa shape index (κ3) is 10.5. The molecule has 3 unspecified atom stereocenters. The highest BCUT2D eigenvalue weighted by atomic mass is 16.4. The van der Waals surface area contributed by atoms with Gasteiger partial charge in [0.25, 0.3) is 0 Å². The summed E-state index contributed by atoms with van der Waals surface area (Å²) < 4.78 is 0. The SMILES string of the molecule is NC(N)=NCCCC(NC(=O)C(N)Cc1ccc(O)cc1)C(=O)NC(Cc1cnc[nH]1)C(=O)NCC(=O)O. The molecule has 0 spiro atoms. The van der Waals surface area contributed by atoms with Gasteiger partial charge >= 0.3 is 5.97 Å². The zero-order valence-corrected chi connectivity index (χ0v) is 20.6. The first-order valence-corrected chi connectivity index (χ1v) is 11.7. The van der Waals surface area contributed by atoms with E-state index in [1.165, 1.54) is 24.7 Å². The molecule has 0 radical (unpaired) electrons. The summed E-state index contributed by atoms with van der Waals surface area (Å²) in [6, 6.07) is 2.91. The number of nitrogens with two attached hydrogens (primary N) is 3. The Kier molecular flexibility index (Phi) is 11.5. The molecule has 1 heterocycles. The molecule has 1 aromatic heterocycles. The summed E-state index contributed by atoms with van der Waals surface area (Å²) in [6.07, 6.45) is 3.43. The molecule has 0 bridgehead atoms. The molecule has 0 aliphatic rings. The second-order valence-corrected chi connectivity index (χ2v) is 8.44. The van der Waals surface area contributed by atoms with Crippen LogP contribution < -0.4 is 33.2 Å². The molecule has 3 amide bonds. The fraction of sp³-hybridized carbons (Fsp3) is 0.391. The number of nitrogens with one attached hydrogen (secondary N) is 4. The van der Waals surface area contributed by atoms with Crippen LogP contribution in [-0.2, 0) is 32.0 Å². The second kappa shape index (κ2) is 14.8. The van der Waals surface area contributed by atoms with Gasteiger partial charge in [-0.15, -0.1) is 0 Å². The molecule has 0 aliphatic carbocycles. The van der Waals surface area contributed by atoms with Crippen LogP contribution >= 0.6 is 0 Å². The summed E-state index contributed by atoms with van der Waals surface area (Å²) in [5.74, 6) is -3.33. The zero-order valence-electron chi connectivity index (χ0n) is 20.6. The van der Waals surface area contributed by atoms with E-state index in [9.17, 15) is 24.3 Å². The maximum absolute atomic E-state index is 13.2. The van der Waals surface area contributed by atoms with Gasteiger partial charge in [0, 0.05) is 24.9 Å². The first-order chi connectivity index (χ1) is 18.0. The number of benzene rings is 1. The van der Waals surface area contributed by atoms with Gasteiger partial charge in [-0.25, -0.2) is 4.98 Å². The number of phenols is 1. The van der Waals surface area contributed by atoms with Crippen molar-refractivity contribution in [1.82, 2.24) is 25.9 Å². The summed E-state index contributed by atoms with van der Waals surface area (Å²) in [4.78, 5) is 60.1. The van der Waals surface area contributed by atoms with Gasteiger partial charge in [0.1, 0.15) is 24.4 Å². The average molecular weight is 532 g/mol. The van der Waals surface area contributed by atoms with E-state index in [2.05, 4.69) is 30.9 Å². The van der Waals surface area contributed by atoms with Crippen molar-refractivity contribution in [3.05, 3.63) is 48.0 Å². The zero-order chi connectivity index (χ0) is 28.1. The topological polar surface area (TPSA) is 264 Å². The molecule has 1 aromatic carbocycles. The van der Waals surface area contributed by atoms with Crippen LogP contribution in [0.2, 0.25) is 0 Å². The lowest BCUT2D eigenvalue weighted by Crippen LogP contribution is -2.56. The van der Waals surface area contributed by atoms with Gasteiger partial charge in [-0.2, -0.15) is 0 Å². The highest BCUT2D eigenvalue weighted by molar-refractivity contribution is 5.93. The molecule has 12 N–H and O–H groups in total. The van der Waals surface area contributed by atoms with Crippen molar-refractivity contribution >= 4 is 29.7 Å². The number of guanidine groups is 1. The molecule has 0 fully saturated rings. The van der Waals surface area contributed by atoms with E-state index in [1.54, 1.807) is 12.1 Å². The van der Waals surface area contributed by atoms with Crippen LogP contribution in [0.25, 0.3) is 0 Å². The maximum Gasteiger partial charge on any atom is 0.322 e. The van der Waals surface area contributed by atoms with Crippen molar-refractivity contribution in [3.8, 4) is 5.75 Å². The number of aromatic hydroxyl groups is 1. The molecule has 15 heteroatoms. The van der Waals surface area contributed by atoms with E-state index in [0.29, 0.717) is 17.7 Å². The Labute approximate surface area is 218 Å². The first-order valence-electron chi connectivity index (χ1n) is 11.7. The van der Waals surface area contributed by atoms with Gasteiger partial charge in [0.2, 0.25) is 17.7 Å². The molecular formula is C23H33N9O6. The summed E-state index contributed by atoms with van der Waals surface area (Å²) in [6.45, 7) is -0.447. The Morgan fingerprint density at radius 1 is 1.00 bits per heavy atom. The number of aromatic nitrogens is 2. The Morgan fingerprint density at radius 3 is 2.29 bits per heavy atom. The van der Waals surface area contributed by atoms with Crippen molar-refractivity contribution in [2.45, 2.75) is 43.8 Å². The summed E-state index contributed by atoms with van der Waals surface area (Å²) in [5, 5.41) is 25.7. The number of aliphatic imine (C=N–C) groups is 1. The number of imidazole rings is 1. The van der Waals surface area contributed by atoms with Crippen LogP contribution in [0.4, 0.5) is 0 Å². The lowest BCUT2D eigenvalue weighted by molar-refractivity contribution is -0.138. The number of hydrogen-bond donors (Lipinski definition) is 9. The van der Waals surface area contributed by atoms with Gasteiger partial charge in [-0.3, -0.25) is 24.2 Å². The van der Waals surface area contributed by atoms with Gasteiger partial charge < -0.3 is 48.3 Å². The minimum atomic E-state index is -1.25. The molecule has 0 aliphatic heterocycles. The molecule has 0 saturated carbocycles. The van der Waals surface area contributed by atoms with Crippen LogP contribution in [0.1, 0.15) is 24.1 Å². The number of rotatable bonds is 15. The lowest BCUT2D eigenvalue weighted by atomic mass is 10.0. The van der Waals surface area contributed by atoms with E-state index in [-0.39, 0.29) is 37.5 Å². The van der Waals surface area contributed by atoms with E-state index in [1.807, 2.05) is 0 Å². The number of carbonyl (C=O) groups excluding carboxylic acids is 3. The normalized spacial score (nSPS) is 13.0. The van der Waals surface area contributed by atoms with Gasteiger partial charge in [0.05, 0.1) is 12.4 Å². The van der Waals surface area contributed by atoms with Gasteiger partial charge in [-0.05, 0) is 37.0 Å². The number of hydrogen-bond acceptors (Lipinski definition) is 8. The number of aromatic amines is 1. The van der Waals surface area contributed by atoms with Crippen molar-refractivity contribution in [2.24, 2.45) is 22.2 Å². The van der Waals surface area contributed by atoms with Gasteiger partial charge in [0.15, 0.2) is 5.96 Å². The van der Waals surface area contributed by atoms with Crippen LogP contribution in [-0.4, -0.2) is 81.0 Å². The van der Waals surface area contributed by atoms with Crippen molar-refractivity contribution in [3.63, 3.8) is 0 Å². The largest absolute Gasteiger partial charge is 0.508 e. The highest BCUT2D eigenvalue weighted by Gasteiger charge is 2.28. The number of amides is 3. The molecule has 15 nitrogen and oxygen atoms in total. The summed E-state index contributed by atoms with van der Waals surface area (Å²) in [7, 11) is 0. The van der Waals surface area contributed by atoms with Crippen molar-refractivity contribution in [1.29, 1.82) is 0 Å². The molecule has 3 atom stereocenters. The highest BCUT2D eigenvalue weighted by Crippen LogP contribution is 2.11. The third-order valence-electron chi connectivity index (χ3n) is 5.33. The molecule has 38 heavy (non-hydrogen) atoms. The van der Waals surface area contributed by atoms with Crippen LogP contribution in [0.5, 0.6) is 5.75 Å². The Morgan fingerprint density at radius 2 is 1.68 bits per heavy atom. The Bertz CT molecular complexity index is 1100. The number of aliphatic carboxylic acids is 1. The molecular weight excluding hydrogens is 498 g/mol. The number of H-pyrrole nitrogens is 1. The fourth-order valence-electron chi connectivity index (χ4n) is 3.41. The lowest BCUT2D eigenvalue weighted by Gasteiger charge is -2.24. The maximum atomic E-state index is 13.2. The Hall–Kier alpha value is -4.66. The van der Waals surface area contributed by atoms with E-state index in [4.69, 9.17) is 22.3 Å². The smallest absolute Gasteiger partial charge is 0.322 e. The number of nitrogens with zero attached hydrogens (tertiary/aromatic N) is 2. The first kappa shape index (κ1) is 29.6. The quantitative estimate of drug-likeness (QED) is 0.0659. The van der Waals surface area contributed by atoms with Crippen LogP contribution in [0, 0.1) is 0 Å². The Balaban J connectivity index is 2.13. The van der Waals surface area contributed by atoms with E-state index in [0.717, 1.165) is 0 Å². The van der Waals surface area contributed by atoms with Gasteiger partial charge in [-0.1, -0.05) is 12.1 Å². The number of carbonyl (C=O) groups is 4. The fourth-order valence-corrected chi connectivity index (χ4v) is 3.41. The number of carboxylic acids is 1. The number of carboxylic acid groups (broad SMARTS) is 1. The predicted octanol–water partition coefficient (Wildman–Crippen LogP) is -2.55. The number of phenolic OH excluding ortho intramolecular Hbond substituents is 1. The van der Waals surface area contributed by atoms with Crippen LogP contribution in [0.3, 0.4) is 0 Å².